The van der Waals surface area contributed by atoms with Crippen molar-refractivity contribution in [1.29, 1.82) is 0 Å². The van der Waals surface area contributed by atoms with Crippen molar-refractivity contribution >= 4 is 6.03 Å². The molecule has 0 aromatic heterocycles. The molecule has 0 bridgehead atoms. The van der Waals surface area contributed by atoms with Crippen LogP contribution < -0.4 is 10.6 Å². The van der Waals surface area contributed by atoms with Crippen LogP contribution in [0.1, 0.15) is 19.3 Å². The van der Waals surface area contributed by atoms with Crippen molar-refractivity contribution in [2.24, 2.45) is 5.92 Å². The zero-order chi connectivity index (χ0) is 11.2. The van der Waals surface area contributed by atoms with E-state index in [-0.39, 0.29) is 12.1 Å². The molecule has 2 aliphatic heterocycles. The Hall–Kier alpha value is -0.810. The van der Waals surface area contributed by atoms with Crippen molar-refractivity contribution in [2.75, 3.05) is 33.0 Å². The van der Waals surface area contributed by atoms with Gasteiger partial charge in [0.1, 0.15) is 0 Å². The number of hydrogen-bond acceptors (Lipinski definition) is 3. The summed E-state index contributed by atoms with van der Waals surface area (Å²) in [5.74, 6) is 0.472. The minimum Gasteiger partial charge on any atom is -0.381 e. The first-order valence-corrected chi connectivity index (χ1v) is 6.04. The van der Waals surface area contributed by atoms with E-state index in [1.807, 2.05) is 0 Å². The second-order valence-corrected chi connectivity index (χ2v) is 4.50. The van der Waals surface area contributed by atoms with Crippen LogP contribution in [0.15, 0.2) is 0 Å². The lowest BCUT2D eigenvalue weighted by Gasteiger charge is -2.22. The highest BCUT2D eigenvalue weighted by Crippen LogP contribution is 2.12. The molecule has 0 spiro atoms. The molecule has 0 radical (unpaired) electrons. The van der Waals surface area contributed by atoms with Crippen molar-refractivity contribution in [2.45, 2.75) is 25.3 Å². The summed E-state index contributed by atoms with van der Waals surface area (Å²) in [6.45, 7) is 3.73. The van der Waals surface area contributed by atoms with Crippen molar-refractivity contribution in [3.63, 3.8) is 0 Å². The molecule has 2 aliphatic rings. The summed E-state index contributed by atoms with van der Waals surface area (Å²) < 4.78 is 10.5. The van der Waals surface area contributed by atoms with Crippen LogP contribution in [0, 0.1) is 5.92 Å². The molecule has 5 nitrogen and oxygen atoms in total. The van der Waals surface area contributed by atoms with Crippen LogP contribution in [-0.2, 0) is 9.47 Å². The molecular formula is C11H20N2O3. The van der Waals surface area contributed by atoms with Crippen molar-refractivity contribution in [3.05, 3.63) is 0 Å². The Morgan fingerprint density at radius 1 is 1.19 bits per heavy atom. The zero-order valence-electron chi connectivity index (χ0n) is 9.54. The number of hydrogen-bond donors (Lipinski definition) is 2. The van der Waals surface area contributed by atoms with E-state index in [9.17, 15) is 4.79 Å². The highest BCUT2D eigenvalue weighted by Gasteiger charge is 2.19. The predicted molar refractivity (Wildman–Crippen MR) is 59.3 cm³/mol. The fourth-order valence-corrected chi connectivity index (χ4v) is 2.09. The molecular weight excluding hydrogens is 208 g/mol. The molecule has 2 rings (SSSR count). The van der Waals surface area contributed by atoms with Crippen LogP contribution in [0.3, 0.4) is 0 Å². The Morgan fingerprint density at radius 2 is 2.06 bits per heavy atom. The molecule has 92 valence electrons. The summed E-state index contributed by atoms with van der Waals surface area (Å²) in [6, 6.07) is 0.101. The van der Waals surface area contributed by atoms with E-state index in [1.54, 1.807) is 0 Å². The topological polar surface area (TPSA) is 59.6 Å². The van der Waals surface area contributed by atoms with E-state index in [0.717, 1.165) is 39.1 Å². The molecule has 2 atom stereocenters. The van der Waals surface area contributed by atoms with Crippen LogP contribution in [0.2, 0.25) is 0 Å². The fourth-order valence-electron chi connectivity index (χ4n) is 2.09. The minimum absolute atomic E-state index is 0.0823. The normalized spacial score (nSPS) is 30.0. The quantitative estimate of drug-likeness (QED) is 0.739. The van der Waals surface area contributed by atoms with E-state index >= 15 is 0 Å². The smallest absolute Gasteiger partial charge is 0.315 e. The number of urea groups is 1. The first-order valence-electron chi connectivity index (χ1n) is 6.04. The summed E-state index contributed by atoms with van der Waals surface area (Å²) in [5.41, 5.74) is 0. The van der Waals surface area contributed by atoms with E-state index in [4.69, 9.17) is 9.47 Å². The van der Waals surface area contributed by atoms with E-state index in [2.05, 4.69) is 10.6 Å². The van der Waals surface area contributed by atoms with Gasteiger partial charge in [-0.2, -0.15) is 0 Å². The Labute approximate surface area is 95.9 Å². The highest BCUT2D eigenvalue weighted by molar-refractivity contribution is 5.74. The van der Waals surface area contributed by atoms with Crippen LogP contribution in [-0.4, -0.2) is 45.0 Å². The Bertz CT molecular complexity index is 223. The maximum Gasteiger partial charge on any atom is 0.315 e. The van der Waals surface area contributed by atoms with Gasteiger partial charge in [0.05, 0.1) is 19.3 Å². The molecule has 0 aromatic rings. The number of carbonyl (C=O) groups excluding carboxylic acids is 1. The highest BCUT2D eigenvalue weighted by atomic mass is 16.5. The fraction of sp³-hybridized carbons (Fsp3) is 0.909. The van der Waals surface area contributed by atoms with E-state index in [1.165, 1.54) is 0 Å². The molecule has 2 amide bonds. The first kappa shape index (κ1) is 11.7. The number of amides is 2. The molecule has 2 N–H and O–H groups in total. The molecule has 0 saturated carbocycles. The van der Waals surface area contributed by atoms with Crippen molar-refractivity contribution in [3.8, 4) is 0 Å². The van der Waals surface area contributed by atoms with Gasteiger partial charge in [-0.25, -0.2) is 4.79 Å². The largest absolute Gasteiger partial charge is 0.381 e. The number of ether oxygens (including phenoxy) is 2. The summed E-state index contributed by atoms with van der Waals surface area (Å²) >= 11 is 0. The van der Waals surface area contributed by atoms with Gasteiger partial charge < -0.3 is 20.1 Å². The first-order chi connectivity index (χ1) is 7.84. The third-order valence-corrected chi connectivity index (χ3v) is 3.07. The van der Waals surface area contributed by atoms with Crippen molar-refractivity contribution in [1.82, 2.24) is 10.6 Å². The van der Waals surface area contributed by atoms with Gasteiger partial charge in [-0.05, 0) is 25.2 Å². The molecule has 2 unspecified atom stereocenters. The summed E-state index contributed by atoms with van der Waals surface area (Å²) in [6.07, 6.45) is 3.16. The lowest BCUT2D eigenvalue weighted by molar-refractivity contribution is 0.0557. The van der Waals surface area contributed by atoms with Gasteiger partial charge in [-0.15, -0.1) is 0 Å². The average Bonchev–Trinajstić information content (AvgIpc) is 2.81. The number of rotatable bonds is 3. The maximum atomic E-state index is 11.5. The van der Waals surface area contributed by atoms with Gasteiger partial charge >= 0.3 is 6.03 Å². The molecule has 2 heterocycles. The van der Waals surface area contributed by atoms with Gasteiger partial charge in [0.15, 0.2) is 0 Å². The summed E-state index contributed by atoms with van der Waals surface area (Å²) in [4.78, 5) is 11.5. The second kappa shape index (κ2) is 6.06. The van der Waals surface area contributed by atoms with E-state index < -0.39 is 0 Å². The van der Waals surface area contributed by atoms with Gasteiger partial charge in [-0.3, -0.25) is 0 Å². The molecule has 16 heavy (non-hydrogen) atoms. The molecule has 2 saturated heterocycles. The van der Waals surface area contributed by atoms with Gasteiger partial charge in [0.2, 0.25) is 0 Å². The third-order valence-electron chi connectivity index (χ3n) is 3.07. The Kier molecular flexibility index (Phi) is 4.42. The van der Waals surface area contributed by atoms with Gasteiger partial charge in [-0.1, -0.05) is 0 Å². The molecule has 0 aromatic carbocycles. The average molecular weight is 228 g/mol. The van der Waals surface area contributed by atoms with E-state index in [0.29, 0.717) is 19.1 Å². The molecule has 5 heteroatoms. The van der Waals surface area contributed by atoms with Gasteiger partial charge in [0, 0.05) is 19.8 Å². The molecule has 2 fully saturated rings. The van der Waals surface area contributed by atoms with Crippen LogP contribution in [0.25, 0.3) is 0 Å². The lowest BCUT2D eigenvalue weighted by atomic mass is 10.0. The third kappa shape index (κ3) is 3.64. The summed E-state index contributed by atoms with van der Waals surface area (Å²) in [5, 5.41) is 5.80. The summed E-state index contributed by atoms with van der Waals surface area (Å²) in [7, 11) is 0. The monoisotopic (exact) mass is 228 g/mol. The molecule has 0 aliphatic carbocycles. The SMILES string of the molecule is O=C(NCC1CCCOC1)NC1CCOC1. The predicted octanol–water partition coefficient (Wildman–Crippen LogP) is 0.501. The maximum absolute atomic E-state index is 11.5. The number of carbonyl (C=O) groups is 1. The van der Waals surface area contributed by atoms with Gasteiger partial charge in [0.25, 0.3) is 0 Å². The van der Waals surface area contributed by atoms with Crippen LogP contribution in [0.4, 0.5) is 4.79 Å². The van der Waals surface area contributed by atoms with Crippen LogP contribution >= 0.6 is 0 Å². The Balaban J connectivity index is 1.59. The standard InChI is InChI=1S/C11H20N2O3/c14-11(13-10-3-5-16-8-10)12-6-9-2-1-4-15-7-9/h9-10H,1-8H2,(H2,12,13,14). The van der Waals surface area contributed by atoms with Crippen LogP contribution in [0.5, 0.6) is 0 Å². The zero-order valence-corrected chi connectivity index (χ0v) is 9.54. The van der Waals surface area contributed by atoms with Crippen molar-refractivity contribution < 1.29 is 14.3 Å². The lowest BCUT2D eigenvalue weighted by Crippen LogP contribution is -2.44. The second-order valence-electron chi connectivity index (χ2n) is 4.50. The minimum atomic E-state index is -0.0823. The number of nitrogens with one attached hydrogen (secondary N) is 2. The Morgan fingerprint density at radius 3 is 2.75 bits per heavy atom.